The van der Waals surface area contributed by atoms with E-state index in [1.54, 1.807) is 0 Å². The summed E-state index contributed by atoms with van der Waals surface area (Å²) in [6.45, 7) is 3.80. The van der Waals surface area contributed by atoms with E-state index in [4.69, 9.17) is 9.31 Å². The average molecular weight is 126 g/mol. The van der Waals surface area contributed by atoms with Gasteiger partial charge in [0.2, 0.25) is 0 Å². The Hall–Kier alpha value is -0.0151. The lowest BCUT2D eigenvalue weighted by molar-refractivity contribution is 0.0691. The molecule has 0 N–H and O–H groups in total. The van der Waals surface area contributed by atoms with Gasteiger partial charge in [-0.05, 0) is 19.7 Å². The second kappa shape index (κ2) is 1.73. The van der Waals surface area contributed by atoms with E-state index in [2.05, 4.69) is 0 Å². The van der Waals surface area contributed by atoms with Crippen molar-refractivity contribution < 1.29 is 9.31 Å². The summed E-state index contributed by atoms with van der Waals surface area (Å²) in [5.74, 6) is 0. The maximum absolute atomic E-state index is 5.33. The second-order valence-corrected chi connectivity index (χ2v) is 3.19. The minimum atomic E-state index is 0.0382. The van der Waals surface area contributed by atoms with Gasteiger partial charge in [0.05, 0.1) is 0 Å². The van der Waals surface area contributed by atoms with E-state index in [1.165, 1.54) is 12.8 Å². The maximum atomic E-state index is 5.33. The number of hydrogen-bond acceptors (Lipinski definition) is 2. The van der Waals surface area contributed by atoms with E-state index in [0.29, 0.717) is 5.41 Å². The third kappa shape index (κ3) is 0.991. The van der Waals surface area contributed by atoms with Crippen LogP contribution in [-0.2, 0) is 9.31 Å². The van der Waals surface area contributed by atoms with Gasteiger partial charge in [0, 0.05) is 18.6 Å². The number of rotatable bonds is 0. The second-order valence-electron chi connectivity index (χ2n) is 3.19. The Morgan fingerprint density at radius 1 is 1.22 bits per heavy atom. The molecule has 0 unspecified atom stereocenters. The molecule has 2 aliphatic rings. The Morgan fingerprint density at radius 2 is 1.78 bits per heavy atom. The summed E-state index contributed by atoms with van der Waals surface area (Å²) in [5, 5.41) is 0. The molecular weight excluding hydrogens is 115 g/mol. The van der Waals surface area contributed by atoms with Crippen LogP contribution in [0.3, 0.4) is 0 Å². The van der Waals surface area contributed by atoms with E-state index >= 15 is 0 Å². The Morgan fingerprint density at radius 3 is 2.22 bits per heavy atom. The van der Waals surface area contributed by atoms with Crippen molar-refractivity contribution in [1.82, 2.24) is 0 Å². The summed E-state index contributed by atoms with van der Waals surface area (Å²) in [6, 6.07) is 0. The van der Waals surface area contributed by atoms with Crippen molar-refractivity contribution in [3.05, 3.63) is 0 Å². The van der Waals surface area contributed by atoms with Gasteiger partial charge in [0.1, 0.15) is 0 Å². The summed E-state index contributed by atoms with van der Waals surface area (Å²) in [4.78, 5) is 0. The Labute approximate surface area is 55.7 Å². The average Bonchev–Trinajstić information content (AvgIpc) is 2.60. The smallest absolute Gasteiger partial charge is 0.411 e. The highest BCUT2D eigenvalue weighted by atomic mass is 16.6. The molecule has 0 radical (unpaired) electrons. The minimum absolute atomic E-state index is 0.0382. The van der Waals surface area contributed by atoms with E-state index in [-0.39, 0.29) is 7.12 Å². The predicted octanol–water partition coefficient (Wildman–Crippen LogP) is 0.931. The zero-order valence-electron chi connectivity index (χ0n) is 5.72. The van der Waals surface area contributed by atoms with Gasteiger partial charge in [-0.25, -0.2) is 0 Å². The summed E-state index contributed by atoms with van der Waals surface area (Å²) in [6.07, 6.45) is 2.61. The van der Waals surface area contributed by atoms with Crippen LogP contribution in [0.1, 0.15) is 12.8 Å². The van der Waals surface area contributed by atoms with Crippen LogP contribution < -0.4 is 0 Å². The van der Waals surface area contributed by atoms with Gasteiger partial charge < -0.3 is 9.31 Å². The van der Waals surface area contributed by atoms with Gasteiger partial charge in [0.15, 0.2) is 0 Å². The van der Waals surface area contributed by atoms with Crippen LogP contribution in [0, 0.1) is 5.41 Å². The van der Waals surface area contributed by atoms with Crippen LogP contribution in [0.15, 0.2) is 0 Å². The molecule has 1 saturated carbocycles. The fourth-order valence-corrected chi connectivity index (χ4v) is 1.14. The molecule has 2 nitrogen and oxygen atoms in total. The molecule has 1 aliphatic carbocycles. The highest BCUT2D eigenvalue weighted by molar-refractivity contribution is 6.42. The zero-order chi connectivity index (χ0) is 6.32. The van der Waals surface area contributed by atoms with E-state index in [0.717, 1.165) is 13.2 Å². The first-order chi connectivity index (χ1) is 4.31. The lowest BCUT2D eigenvalue weighted by Gasteiger charge is -2.24. The van der Waals surface area contributed by atoms with Crippen molar-refractivity contribution >= 4 is 7.12 Å². The highest BCUT2D eigenvalue weighted by Gasteiger charge is 2.46. The van der Waals surface area contributed by atoms with Crippen LogP contribution in [0.25, 0.3) is 0 Å². The lowest BCUT2D eigenvalue weighted by Crippen LogP contribution is -2.34. The third-order valence-electron chi connectivity index (χ3n) is 2.21. The summed E-state index contributed by atoms with van der Waals surface area (Å²) in [5.41, 5.74) is 0.465. The molecule has 1 aliphatic heterocycles. The monoisotopic (exact) mass is 126 g/mol. The third-order valence-corrected chi connectivity index (χ3v) is 2.21. The van der Waals surface area contributed by atoms with E-state index in [1.807, 2.05) is 6.82 Å². The quantitative estimate of drug-likeness (QED) is 0.449. The molecule has 50 valence electrons. The maximum Gasteiger partial charge on any atom is 0.453 e. The van der Waals surface area contributed by atoms with E-state index < -0.39 is 0 Å². The first-order valence-corrected chi connectivity index (χ1v) is 3.54. The van der Waals surface area contributed by atoms with Crippen molar-refractivity contribution in [1.29, 1.82) is 0 Å². The topological polar surface area (TPSA) is 18.5 Å². The fraction of sp³-hybridized carbons (Fsp3) is 1.00. The fourth-order valence-electron chi connectivity index (χ4n) is 1.14. The molecular formula is C6H11BO2. The molecule has 0 atom stereocenters. The molecule has 1 spiro atoms. The largest absolute Gasteiger partial charge is 0.453 e. The standard InChI is InChI=1S/C6H11BO2/c1-7-8-4-6(2-3-6)5-9-7/h2-5H2,1H3. The molecule has 0 aromatic rings. The Bertz CT molecular complexity index is 112. The molecule has 9 heavy (non-hydrogen) atoms. The minimum Gasteiger partial charge on any atom is -0.411 e. The SMILES string of the molecule is CB1OCC2(CC2)CO1. The van der Waals surface area contributed by atoms with Crippen molar-refractivity contribution in [2.45, 2.75) is 19.7 Å². The first-order valence-electron chi connectivity index (χ1n) is 3.54. The lowest BCUT2D eigenvalue weighted by atomic mass is 9.91. The molecule has 0 aromatic carbocycles. The van der Waals surface area contributed by atoms with Gasteiger partial charge >= 0.3 is 7.12 Å². The summed E-state index contributed by atoms with van der Waals surface area (Å²) >= 11 is 0. The number of hydrogen-bond donors (Lipinski definition) is 0. The van der Waals surface area contributed by atoms with E-state index in [9.17, 15) is 0 Å². The molecule has 2 rings (SSSR count). The molecule has 0 aromatic heterocycles. The predicted molar refractivity (Wildman–Crippen MR) is 35.2 cm³/mol. The summed E-state index contributed by atoms with van der Waals surface area (Å²) in [7, 11) is 0.0382. The highest BCUT2D eigenvalue weighted by Crippen LogP contribution is 2.47. The van der Waals surface area contributed by atoms with Crippen LogP contribution in [0.5, 0.6) is 0 Å². The Balaban J connectivity index is 1.91. The Kier molecular flexibility index (Phi) is 1.11. The van der Waals surface area contributed by atoms with Crippen LogP contribution in [0.4, 0.5) is 0 Å². The normalized spacial score (nSPS) is 31.0. The van der Waals surface area contributed by atoms with Gasteiger partial charge in [-0.15, -0.1) is 0 Å². The molecule has 1 heterocycles. The summed E-state index contributed by atoms with van der Waals surface area (Å²) < 4.78 is 10.7. The molecule has 0 amide bonds. The van der Waals surface area contributed by atoms with Gasteiger partial charge in [-0.2, -0.15) is 0 Å². The van der Waals surface area contributed by atoms with Crippen molar-refractivity contribution in [2.24, 2.45) is 5.41 Å². The van der Waals surface area contributed by atoms with Gasteiger partial charge in [0.25, 0.3) is 0 Å². The van der Waals surface area contributed by atoms with Gasteiger partial charge in [-0.3, -0.25) is 0 Å². The van der Waals surface area contributed by atoms with Crippen molar-refractivity contribution in [2.75, 3.05) is 13.2 Å². The van der Waals surface area contributed by atoms with Crippen LogP contribution in [-0.4, -0.2) is 20.3 Å². The van der Waals surface area contributed by atoms with Crippen molar-refractivity contribution in [3.63, 3.8) is 0 Å². The molecule has 1 saturated heterocycles. The molecule has 0 bridgehead atoms. The molecule has 3 heteroatoms. The first kappa shape index (κ1) is 5.75. The van der Waals surface area contributed by atoms with Crippen LogP contribution >= 0.6 is 0 Å². The molecule has 2 fully saturated rings. The zero-order valence-corrected chi connectivity index (χ0v) is 5.72. The van der Waals surface area contributed by atoms with Gasteiger partial charge in [-0.1, -0.05) is 0 Å². The van der Waals surface area contributed by atoms with Crippen molar-refractivity contribution in [3.8, 4) is 0 Å². The van der Waals surface area contributed by atoms with Crippen LogP contribution in [0.2, 0.25) is 6.82 Å².